The van der Waals surface area contributed by atoms with Crippen molar-refractivity contribution in [2.75, 3.05) is 26.4 Å². The van der Waals surface area contributed by atoms with Crippen molar-refractivity contribution in [2.24, 2.45) is 0 Å². The van der Waals surface area contributed by atoms with Crippen LogP contribution in [0.4, 0.5) is 0 Å². The molecule has 3 heterocycles. The topological polar surface area (TPSA) is 373 Å². The van der Waals surface area contributed by atoms with E-state index in [0.29, 0.717) is 12.8 Å². The van der Waals surface area contributed by atoms with Crippen LogP contribution in [0.5, 0.6) is 0 Å². The van der Waals surface area contributed by atoms with E-state index in [1.807, 2.05) is 6.08 Å². The maximum Gasteiger partial charge on any atom is 0.364 e. The number of hydrogen-bond donors (Lipinski definition) is 14. The van der Waals surface area contributed by atoms with Gasteiger partial charge < -0.3 is 100 Å². The number of aliphatic hydroxyl groups excluding tert-OH is 11. The van der Waals surface area contributed by atoms with E-state index in [2.05, 4.69) is 48.8 Å². The van der Waals surface area contributed by atoms with Gasteiger partial charge in [0.05, 0.1) is 50.7 Å². The average molecular weight is 1630 g/mol. The van der Waals surface area contributed by atoms with Crippen molar-refractivity contribution in [3.63, 3.8) is 0 Å². The number of carboxylic acids is 1. The Morgan fingerprint density at radius 3 is 1.24 bits per heavy atom. The number of aliphatic carboxylic acids is 1. The Hall–Kier alpha value is -3.05. The zero-order valence-electron chi connectivity index (χ0n) is 71.5. The van der Waals surface area contributed by atoms with Gasteiger partial charge in [-0.3, -0.25) is 9.59 Å². The van der Waals surface area contributed by atoms with Gasteiger partial charge in [-0.1, -0.05) is 352 Å². The Kier molecular flexibility index (Phi) is 63.2. The van der Waals surface area contributed by atoms with Gasteiger partial charge in [0.15, 0.2) is 12.6 Å². The second-order valence-corrected chi connectivity index (χ2v) is 33.5. The fourth-order valence-electron chi connectivity index (χ4n) is 16.0. The van der Waals surface area contributed by atoms with E-state index >= 15 is 0 Å². The number of carbonyl (C=O) groups excluding carboxylic acids is 2. The molecule has 0 aromatic heterocycles. The van der Waals surface area contributed by atoms with Crippen molar-refractivity contribution < 1.29 is 104 Å². The zero-order chi connectivity index (χ0) is 83.1. The summed E-state index contributed by atoms with van der Waals surface area (Å²) < 4.78 is 35.0. The van der Waals surface area contributed by atoms with Crippen molar-refractivity contribution in [3.05, 3.63) is 36.5 Å². The highest BCUT2D eigenvalue weighted by Gasteiger charge is 2.60. The molecule has 14 N–H and O–H groups in total. The maximum atomic E-state index is 13.6. The van der Waals surface area contributed by atoms with Gasteiger partial charge in [-0.2, -0.15) is 0 Å². The molecule has 2 amide bonds. The quantitative estimate of drug-likeness (QED) is 0.0199. The molecule has 18 atom stereocenters. The monoisotopic (exact) mass is 1630 g/mol. The standard InChI is InChI=1S/C91H168N2O21/c1-4-6-8-10-12-14-16-18-20-22-24-26-28-29-30-31-32-33-34-35-36-37-38-39-40-41-43-45-47-49-51-53-55-57-59-61-63-65-78(101)93-72(73(98)64-62-60-58-56-54-52-50-48-46-44-42-27-25-23-21-19-17-15-13-11-9-7-5-2)70-109-88-83(105)82(104)85(77(69-96)111-88)112-89-84(106)87(81(103)76(68-95)110-89)114-91(90(107)108)66-74(99)79(92-71(3)97)86(113-91)80(102)75(100)67-94/h30-31,33-34,62,64,72-77,79-89,94-96,98-100,102-106H,4-29,32,35-61,63,65-70H2,1-3H3,(H,92,97)(H,93,101)(H,107,108)/b31-30-,34-33-,64-62+. The van der Waals surface area contributed by atoms with Crippen LogP contribution in [0.2, 0.25) is 0 Å². The lowest BCUT2D eigenvalue weighted by Crippen LogP contribution is -2.70. The van der Waals surface area contributed by atoms with E-state index in [1.165, 1.54) is 289 Å². The minimum absolute atomic E-state index is 0.202. The fourth-order valence-corrected chi connectivity index (χ4v) is 16.0. The van der Waals surface area contributed by atoms with Crippen molar-refractivity contribution in [2.45, 2.75) is 497 Å². The normalized spacial score (nSPS) is 25.3. The van der Waals surface area contributed by atoms with Crippen LogP contribution >= 0.6 is 0 Å². The highest BCUT2D eigenvalue weighted by molar-refractivity contribution is 5.77. The first kappa shape index (κ1) is 105. The molecule has 0 aromatic carbocycles. The highest BCUT2D eigenvalue weighted by atomic mass is 16.8. The van der Waals surface area contributed by atoms with E-state index < -0.39 is 155 Å². The van der Waals surface area contributed by atoms with E-state index in [4.69, 9.17) is 28.4 Å². The molecule has 0 aromatic rings. The van der Waals surface area contributed by atoms with Crippen LogP contribution in [-0.4, -0.2) is 215 Å². The summed E-state index contributed by atoms with van der Waals surface area (Å²) in [5.74, 6) is -6.14. The number of rotatable bonds is 75. The lowest BCUT2D eigenvalue weighted by Gasteiger charge is -2.50. The Bertz CT molecular complexity index is 2390. The van der Waals surface area contributed by atoms with Crippen LogP contribution < -0.4 is 10.6 Å². The first-order valence-corrected chi connectivity index (χ1v) is 46.4. The minimum Gasteiger partial charge on any atom is -0.477 e. The molecule has 3 rings (SSSR count). The summed E-state index contributed by atoms with van der Waals surface area (Å²) in [7, 11) is 0. The summed E-state index contributed by atoms with van der Waals surface area (Å²) in [5, 5.41) is 137. The summed E-state index contributed by atoms with van der Waals surface area (Å²) in [6, 6.07) is -2.62. The number of nitrogens with one attached hydrogen (secondary N) is 2. The number of ether oxygens (including phenoxy) is 6. The molecule has 18 unspecified atom stereocenters. The molecule has 3 fully saturated rings. The molecule has 3 aliphatic heterocycles. The molecule has 114 heavy (non-hydrogen) atoms. The van der Waals surface area contributed by atoms with Crippen molar-refractivity contribution in [3.8, 4) is 0 Å². The zero-order valence-corrected chi connectivity index (χ0v) is 71.5. The number of unbranched alkanes of at least 4 members (excludes halogenated alkanes) is 51. The molecular weight excluding hydrogens is 1460 g/mol. The van der Waals surface area contributed by atoms with E-state index in [0.717, 1.165) is 58.3 Å². The van der Waals surface area contributed by atoms with Gasteiger partial charge in [-0.15, -0.1) is 0 Å². The molecule has 23 nitrogen and oxygen atoms in total. The third-order valence-corrected chi connectivity index (χ3v) is 23.3. The maximum absolute atomic E-state index is 13.6. The Morgan fingerprint density at radius 1 is 0.465 bits per heavy atom. The molecule has 0 radical (unpaired) electrons. The largest absolute Gasteiger partial charge is 0.477 e. The van der Waals surface area contributed by atoms with Crippen LogP contribution in [0.3, 0.4) is 0 Å². The Morgan fingerprint density at radius 2 is 0.851 bits per heavy atom. The molecule has 0 bridgehead atoms. The highest BCUT2D eigenvalue weighted by Crippen LogP contribution is 2.39. The number of amides is 2. The van der Waals surface area contributed by atoms with Crippen molar-refractivity contribution >= 4 is 17.8 Å². The van der Waals surface area contributed by atoms with Crippen LogP contribution in [0.15, 0.2) is 36.5 Å². The van der Waals surface area contributed by atoms with Crippen molar-refractivity contribution in [1.29, 1.82) is 0 Å². The van der Waals surface area contributed by atoms with E-state index in [-0.39, 0.29) is 12.3 Å². The predicted molar refractivity (Wildman–Crippen MR) is 449 cm³/mol. The molecule has 0 saturated carbocycles. The second-order valence-electron chi connectivity index (χ2n) is 33.5. The van der Waals surface area contributed by atoms with Gasteiger partial charge in [-0.05, 0) is 51.4 Å². The fraction of sp³-hybridized carbons (Fsp3) is 0.901. The molecule has 23 heteroatoms. The van der Waals surface area contributed by atoms with Gasteiger partial charge >= 0.3 is 5.97 Å². The Labute approximate surface area is 688 Å². The number of carbonyl (C=O) groups is 3. The summed E-state index contributed by atoms with van der Waals surface area (Å²) >= 11 is 0. The predicted octanol–water partition coefficient (Wildman–Crippen LogP) is 15.2. The smallest absolute Gasteiger partial charge is 0.364 e. The lowest BCUT2D eigenvalue weighted by molar-refractivity contribution is -0.386. The first-order chi connectivity index (χ1) is 55.4. The van der Waals surface area contributed by atoms with E-state index in [9.17, 15) is 75.7 Å². The number of hydrogen-bond acceptors (Lipinski definition) is 20. The molecule has 3 saturated heterocycles. The summed E-state index contributed by atoms with van der Waals surface area (Å²) in [5.41, 5.74) is 0. The number of aliphatic hydroxyl groups is 11. The van der Waals surface area contributed by atoms with Crippen LogP contribution in [0.25, 0.3) is 0 Å². The molecule has 0 spiro atoms. The Balaban J connectivity index is 1.43. The van der Waals surface area contributed by atoms with Gasteiger partial charge in [-0.25, -0.2) is 4.79 Å². The first-order valence-electron chi connectivity index (χ1n) is 46.4. The van der Waals surface area contributed by atoms with Crippen LogP contribution in [-0.2, 0) is 42.8 Å². The van der Waals surface area contributed by atoms with E-state index in [1.54, 1.807) is 6.08 Å². The summed E-state index contributed by atoms with van der Waals surface area (Å²) in [6.45, 7) is 2.21. The summed E-state index contributed by atoms with van der Waals surface area (Å²) in [4.78, 5) is 38.8. The second kappa shape index (κ2) is 68.6. The summed E-state index contributed by atoms with van der Waals surface area (Å²) in [6.07, 6.45) is 53.4. The molecule has 3 aliphatic rings. The van der Waals surface area contributed by atoms with Crippen molar-refractivity contribution in [1.82, 2.24) is 10.6 Å². The van der Waals surface area contributed by atoms with Gasteiger partial charge in [0.25, 0.3) is 5.79 Å². The molecular formula is C91H168N2O21. The number of allylic oxidation sites excluding steroid dienone is 5. The third-order valence-electron chi connectivity index (χ3n) is 23.3. The average Bonchev–Trinajstić information content (AvgIpc) is 0.753. The minimum atomic E-state index is -3.09. The van der Waals surface area contributed by atoms with Crippen LogP contribution in [0, 0.1) is 0 Å². The van der Waals surface area contributed by atoms with Gasteiger partial charge in [0, 0.05) is 19.8 Å². The lowest BCUT2D eigenvalue weighted by atomic mass is 9.88. The van der Waals surface area contributed by atoms with Crippen LogP contribution in [0.1, 0.15) is 387 Å². The van der Waals surface area contributed by atoms with Gasteiger partial charge in [0.1, 0.15) is 67.1 Å². The molecule has 0 aliphatic carbocycles. The SMILES string of the molecule is CCCCCCCCCCCCCCC/C=C\C/C=C\CCCCCCCCCCCCCCCCCCCC(=O)NC(COC1OC(CO)C(OC2OC(CO)C(O)C(OC3(C(=O)O)CC(O)C(NC(C)=O)C(C(O)C(O)CO)O3)C2O)C(O)C1O)C(O)/C=C/CCCCCCCCCCCCCCCCCCCCCCC. The molecule has 668 valence electrons. The number of carboxylic acid groups (broad SMARTS) is 1. The third kappa shape index (κ3) is 46.7. The van der Waals surface area contributed by atoms with Gasteiger partial charge in [0.2, 0.25) is 11.8 Å².